The monoisotopic (exact) mass is 724 g/mol. The van der Waals surface area contributed by atoms with Gasteiger partial charge < -0.3 is 29.8 Å². The Bertz CT molecular complexity index is 2170. The molecule has 264 valence electrons. The number of anilines is 2. The van der Waals surface area contributed by atoms with Crippen molar-refractivity contribution >= 4 is 31.7 Å². The summed E-state index contributed by atoms with van der Waals surface area (Å²) in [5.41, 5.74) is 7.11. The Balaban J connectivity index is 1.55. The molecule has 1 aliphatic rings. The van der Waals surface area contributed by atoms with Crippen LogP contribution in [0.5, 0.6) is 11.5 Å². The van der Waals surface area contributed by atoms with Gasteiger partial charge in [-0.25, -0.2) is 35.9 Å². The van der Waals surface area contributed by atoms with Crippen molar-refractivity contribution in [2.75, 3.05) is 38.8 Å². The third kappa shape index (κ3) is 7.18. The average Bonchev–Trinajstić information content (AvgIpc) is 3.88. The Morgan fingerprint density at radius 3 is 2.24 bits per heavy atom. The number of tetrazole rings is 1. The Morgan fingerprint density at radius 2 is 1.58 bits per heavy atom. The number of nitrogens with zero attached hydrogens (tertiary/aromatic N) is 7. The molecule has 17 nitrogen and oxygen atoms in total. The van der Waals surface area contributed by atoms with Crippen molar-refractivity contribution in [3.8, 4) is 22.9 Å². The van der Waals surface area contributed by atoms with E-state index in [1.165, 1.54) is 23.9 Å². The zero-order chi connectivity index (χ0) is 35.5. The molecule has 0 saturated carbocycles. The molecule has 0 spiro atoms. The molecule has 1 unspecified atom stereocenters. The van der Waals surface area contributed by atoms with Crippen molar-refractivity contribution in [3.05, 3.63) is 84.2 Å². The maximum absolute atomic E-state index is 14.6. The fourth-order valence-corrected chi connectivity index (χ4v) is 8.60. The number of methoxy groups -OCH3 is 2. The Labute approximate surface area is 288 Å². The first-order valence-electron chi connectivity index (χ1n) is 15.4. The van der Waals surface area contributed by atoms with Gasteiger partial charge in [0, 0.05) is 45.1 Å². The van der Waals surface area contributed by atoms with Crippen LogP contribution in [0, 0.1) is 0 Å². The van der Waals surface area contributed by atoms with Crippen molar-refractivity contribution in [1.29, 1.82) is 0 Å². The van der Waals surface area contributed by atoms with E-state index in [0.717, 1.165) is 5.56 Å². The number of rotatable bonds is 15. The van der Waals surface area contributed by atoms with Crippen LogP contribution in [0.3, 0.4) is 0 Å². The van der Waals surface area contributed by atoms with Gasteiger partial charge >= 0.3 is 0 Å². The van der Waals surface area contributed by atoms with Gasteiger partial charge in [-0.1, -0.05) is 24.3 Å². The highest BCUT2D eigenvalue weighted by molar-refractivity contribution is 7.92. The number of aromatic nitrogens is 6. The lowest BCUT2D eigenvalue weighted by atomic mass is 10.1. The molecule has 5 N–H and O–H groups in total. The number of aliphatic hydroxyl groups excluding tert-OH is 1. The lowest BCUT2D eigenvalue weighted by Gasteiger charge is -2.24. The zero-order valence-electron chi connectivity index (χ0n) is 27.2. The summed E-state index contributed by atoms with van der Waals surface area (Å²) in [6.07, 6.45) is 2.20. The lowest BCUT2D eigenvalue weighted by molar-refractivity contribution is 0.186. The summed E-state index contributed by atoms with van der Waals surface area (Å²) in [4.78, 5) is 5.08. The van der Waals surface area contributed by atoms with Crippen LogP contribution in [0.2, 0.25) is 0 Å². The standard InChI is InChI=1S/C31H36N10O7S2/c1-47-24-7-3-21(4-8-24)18-34-50(45,46)29-27(49(43,44)35-19-23(42)17-32)12-11-26(40-16-15-39-14-13-33-31(39)40)28(29)30-36-37-38-41(30)20-22-5-9-25(48-2)10-6-22/h3-14,23,34-35,42H,15-20,32H2,1-2H3. The van der Waals surface area contributed by atoms with Gasteiger partial charge in [-0.2, -0.15) is 0 Å². The molecular weight excluding hydrogens is 689 g/mol. The first-order chi connectivity index (χ1) is 24.0. The second kappa shape index (κ2) is 14.5. The van der Waals surface area contributed by atoms with E-state index in [9.17, 15) is 21.9 Å². The molecule has 0 aliphatic carbocycles. The summed E-state index contributed by atoms with van der Waals surface area (Å²) in [7, 11) is -6.19. The van der Waals surface area contributed by atoms with Gasteiger partial charge in [0.25, 0.3) is 0 Å². The first kappa shape index (κ1) is 34.9. The first-order valence-corrected chi connectivity index (χ1v) is 18.4. The highest BCUT2D eigenvalue weighted by atomic mass is 32.2. The van der Waals surface area contributed by atoms with Crippen LogP contribution >= 0.6 is 0 Å². The molecule has 0 amide bonds. The molecule has 0 fully saturated rings. The van der Waals surface area contributed by atoms with Crippen LogP contribution in [0.25, 0.3) is 11.4 Å². The van der Waals surface area contributed by atoms with Crippen LogP contribution in [-0.2, 0) is 39.7 Å². The van der Waals surface area contributed by atoms with E-state index < -0.39 is 42.5 Å². The molecule has 1 aliphatic heterocycles. The second-order valence-electron chi connectivity index (χ2n) is 11.3. The highest BCUT2D eigenvalue weighted by Gasteiger charge is 2.37. The lowest BCUT2D eigenvalue weighted by Crippen LogP contribution is -2.37. The van der Waals surface area contributed by atoms with Crippen molar-refractivity contribution in [2.45, 2.75) is 35.5 Å². The van der Waals surface area contributed by atoms with E-state index in [-0.39, 0.29) is 31.0 Å². The SMILES string of the molecule is COc1ccc(CNS(=O)(=O)c2c(S(=O)(=O)NCC(O)CN)ccc(N3CCn4ccnc43)c2-c2nnnn2Cc2ccc(OC)cc2)cc1. The number of fused-ring (bicyclic) bond motifs is 1. The number of hydrogen-bond donors (Lipinski definition) is 4. The van der Waals surface area contributed by atoms with E-state index >= 15 is 0 Å². The molecule has 1 atom stereocenters. The van der Waals surface area contributed by atoms with E-state index in [2.05, 4.69) is 30.0 Å². The van der Waals surface area contributed by atoms with Crippen LogP contribution in [0.1, 0.15) is 11.1 Å². The maximum Gasteiger partial charge on any atom is 0.243 e. The summed E-state index contributed by atoms with van der Waals surface area (Å²) in [5, 5.41) is 22.4. The van der Waals surface area contributed by atoms with Gasteiger partial charge in [-0.3, -0.25) is 0 Å². The molecule has 50 heavy (non-hydrogen) atoms. The molecule has 6 rings (SSSR count). The number of hydrogen-bond acceptors (Lipinski definition) is 13. The number of aliphatic hydroxyl groups is 1. The molecule has 19 heteroatoms. The van der Waals surface area contributed by atoms with Gasteiger partial charge in [0.2, 0.25) is 26.0 Å². The summed E-state index contributed by atoms with van der Waals surface area (Å²) >= 11 is 0. The fourth-order valence-electron chi connectivity index (χ4n) is 5.48. The number of benzene rings is 3. The van der Waals surface area contributed by atoms with Crippen LogP contribution in [0.4, 0.5) is 11.6 Å². The third-order valence-electron chi connectivity index (χ3n) is 8.10. The normalized spacial score (nSPS) is 13.7. The predicted octanol–water partition coefficient (Wildman–Crippen LogP) is 0.830. The van der Waals surface area contributed by atoms with E-state index in [4.69, 9.17) is 15.2 Å². The molecule has 5 aromatic rings. The van der Waals surface area contributed by atoms with Crippen LogP contribution in [0.15, 0.2) is 82.8 Å². The van der Waals surface area contributed by atoms with Crippen LogP contribution in [-0.4, -0.2) is 91.7 Å². The van der Waals surface area contributed by atoms with Gasteiger partial charge in [0.15, 0.2) is 5.82 Å². The Hall–Kier alpha value is -4.92. The summed E-state index contributed by atoms with van der Waals surface area (Å²) in [5.74, 6) is 1.73. The number of nitrogens with one attached hydrogen (secondary N) is 2. The molecule has 0 bridgehead atoms. The van der Waals surface area contributed by atoms with Crippen molar-refractivity contribution < 1.29 is 31.4 Å². The zero-order valence-corrected chi connectivity index (χ0v) is 28.8. The Morgan fingerprint density at radius 1 is 0.900 bits per heavy atom. The number of ether oxygens (including phenoxy) is 2. The van der Waals surface area contributed by atoms with Crippen molar-refractivity contribution in [2.24, 2.45) is 5.73 Å². The van der Waals surface area contributed by atoms with Gasteiger partial charge in [0.05, 0.1) is 38.1 Å². The number of nitrogens with two attached hydrogens (primary N) is 1. The minimum absolute atomic E-state index is 0.00955. The number of imidazole rings is 1. The van der Waals surface area contributed by atoms with Crippen LogP contribution < -0.4 is 29.6 Å². The van der Waals surface area contributed by atoms with E-state index in [1.807, 2.05) is 16.7 Å². The van der Waals surface area contributed by atoms with Crippen molar-refractivity contribution in [1.82, 2.24) is 39.2 Å². The third-order valence-corrected chi connectivity index (χ3v) is 11.2. The molecule has 0 radical (unpaired) electrons. The minimum atomic E-state index is -4.67. The fraction of sp³-hybridized carbons (Fsp3) is 0.290. The molecule has 2 aromatic heterocycles. The number of sulfonamides is 2. The van der Waals surface area contributed by atoms with E-state index in [1.54, 1.807) is 60.8 Å². The summed E-state index contributed by atoms with van der Waals surface area (Å²) in [6, 6.07) is 16.6. The minimum Gasteiger partial charge on any atom is -0.497 e. The second-order valence-corrected chi connectivity index (χ2v) is 14.7. The van der Waals surface area contributed by atoms with Crippen molar-refractivity contribution in [3.63, 3.8) is 0 Å². The highest BCUT2D eigenvalue weighted by Crippen LogP contribution is 2.43. The van der Waals surface area contributed by atoms with Gasteiger partial charge in [0.1, 0.15) is 21.3 Å². The molecular formula is C31H36N10O7S2. The van der Waals surface area contributed by atoms with Gasteiger partial charge in [-0.05, 0) is 58.0 Å². The molecule has 0 saturated heterocycles. The average molecular weight is 725 g/mol. The quantitative estimate of drug-likeness (QED) is 0.118. The molecule has 3 aromatic carbocycles. The maximum atomic E-state index is 14.6. The predicted molar refractivity (Wildman–Crippen MR) is 182 cm³/mol. The molecule has 3 heterocycles. The summed E-state index contributed by atoms with van der Waals surface area (Å²) in [6.45, 7) is 0.206. The smallest absolute Gasteiger partial charge is 0.243 e. The van der Waals surface area contributed by atoms with E-state index in [0.29, 0.717) is 41.8 Å². The Kier molecular flexibility index (Phi) is 10.1. The topological polar surface area (TPSA) is 222 Å². The van der Waals surface area contributed by atoms with Gasteiger partial charge in [-0.15, -0.1) is 5.10 Å². The largest absolute Gasteiger partial charge is 0.497 e. The summed E-state index contributed by atoms with van der Waals surface area (Å²) < 4.78 is 75.7.